The molecular formula is C13H15N3O5S. The number of hydrogen-bond donors (Lipinski definition) is 1. The van der Waals surface area contributed by atoms with Crippen LogP contribution in [0, 0.1) is 0 Å². The van der Waals surface area contributed by atoms with Gasteiger partial charge in [0, 0.05) is 12.1 Å². The number of carbonyl (C=O) groups is 1. The summed E-state index contributed by atoms with van der Waals surface area (Å²) in [6.45, 7) is 1.91. The average molecular weight is 325 g/mol. The zero-order valence-electron chi connectivity index (χ0n) is 12.1. The van der Waals surface area contributed by atoms with Gasteiger partial charge in [0.15, 0.2) is 5.82 Å². The largest absolute Gasteiger partial charge is 0.459 e. The van der Waals surface area contributed by atoms with E-state index in [1.165, 1.54) is 0 Å². The molecule has 1 N–H and O–H groups in total. The van der Waals surface area contributed by atoms with Crippen molar-refractivity contribution in [2.24, 2.45) is 0 Å². The highest BCUT2D eigenvalue weighted by Crippen LogP contribution is 2.13. The van der Waals surface area contributed by atoms with Crippen LogP contribution >= 0.6 is 0 Å². The molecule has 22 heavy (non-hydrogen) atoms. The van der Waals surface area contributed by atoms with E-state index in [1.807, 2.05) is 0 Å². The van der Waals surface area contributed by atoms with E-state index < -0.39 is 16.0 Å². The lowest BCUT2D eigenvalue weighted by atomic mass is 10.1. The first-order chi connectivity index (χ1) is 10.4. The zero-order valence-corrected chi connectivity index (χ0v) is 12.9. The fraction of sp³-hybridized carbons (Fsp3) is 0.308. The van der Waals surface area contributed by atoms with E-state index in [4.69, 9.17) is 9.26 Å². The Morgan fingerprint density at radius 2 is 2.00 bits per heavy atom. The fourth-order valence-electron chi connectivity index (χ4n) is 1.69. The van der Waals surface area contributed by atoms with Gasteiger partial charge in [-0.25, -0.2) is 13.2 Å². The zero-order chi connectivity index (χ0) is 16.2. The minimum absolute atomic E-state index is 0.188. The van der Waals surface area contributed by atoms with Crippen molar-refractivity contribution in [3.63, 3.8) is 0 Å². The third-order valence-corrected chi connectivity index (χ3v) is 3.14. The van der Waals surface area contributed by atoms with Crippen molar-refractivity contribution in [1.82, 2.24) is 10.1 Å². The summed E-state index contributed by atoms with van der Waals surface area (Å²) < 4.78 is 34.2. The topological polar surface area (TPSA) is 111 Å². The van der Waals surface area contributed by atoms with E-state index in [0.29, 0.717) is 17.9 Å². The highest BCUT2D eigenvalue weighted by atomic mass is 32.2. The first-order valence-electron chi connectivity index (χ1n) is 6.44. The monoisotopic (exact) mass is 325 g/mol. The summed E-state index contributed by atoms with van der Waals surface area (Å²) in [6, 6.07) is 6.72. The van der Waals surface area contributed by atoms with Gasteiger partial charge >= 0.3 is 11.9 Å². The smallest absolute Gasteiger partial charge is 0.397 e. The Labute approximate surface area is 127 Å². The molecule has 8 nitrogen and oxygen atoms in total. The number of anilines is 1. The van der Waals surface area contributed by atoms with Crippen LogP contribution in [-0.4, -0.2) is 37.4 Å². The molecule has 0 aliphatic heterocycles. The SMILES string of the molecule is CCOC(=O)c1nc(Cc2ccc(NS(C)(=O)=O)cc2)no1. The Morgan fingerprint density at radius 3 is 2.59 bits per heavy atom. The molecule has 1 heterocycles. The highest BCUT2D eigenvalue weighted by Gasteiger charge is 2.16. The normalized spacial score (nSPS) is 11.2. The minimum Gasteiger partial charge on any atom is -0.459 e. The maximum atomic E-state index is 11.4. The van der Waals surface area contributed by atoms with Gasteiger partial charge in [0.1, 0.15) is 0 Å². The fourth-order valence-corrected chi connectivity index (χ4v) is 2.25. The van der Waals surface area contributed by atoms with Crippen LogP contribution in [0.5, 0.6) is 0 Å². The molecule has 0 aliphatic rings. The number of hydrogen-bond acceptors (Lipinski definition) is 7. The molecule has 0 bridgehead atoms. The summed E-state index contributed by atoms with van der Waals surface area (Å²) in [4.78, 5) is 15.3. The summed E-state index contributed by atoms with van der Waals surface area (Å²) >= 11 is 0. The predicted octanol–water partition coefficient (Wildman–Crippen LogP) is 1.21. The van der Waals surface area contributed by atoms with Gasteiger partial charge < -0.3 is 9.26 Å². The maximum absolute atomic E-state index is 11.4. The lowest BCUT2D eigenvalue weighted by Crippen LogP contribution is -2.09. The van der Waals surface area contributed by atoms with Gasteiger partial charge in [-0.05, 0) is 24.6 Å². The summed E-state index contributed by atoms with van der Waals surface area (Å²) in [5.74, 6) is -0.506. The van der Waals surface area contributed by atoms with Gasteiger partial charge in [-0.15, -0.1) is 0 Å². The molecule has 2 rings (SSSR count). The third kappa shape index (κ3) is 4.55. The first kappa shape index (κ1) is 16.0. The second-order valence-electron chi connectivity index (χ2n) is 4.48. The molecular weight excluding hydrogens is 310 g/mol. The second kappa shape index (κ2) is 6.56. The number of carbonyl (C=O) groups excluding carboxylic acids is 1. The number of nitrogens with one attached hydrogen (secondary N) is 1. The molecule has 2 aromatic rings. The number of esters is 1. The van der Waals surface area contributed by atoms with Crippen LogP contribution in [0.25, 0.3) is 0 Å². The Balaban J connectivity index is 2.03. The van der Waals surface area contributed by atoms with E-state index in [1.54, 1.807) is 31.2 Å². The van der Waals surface area contributed by atoms with Crippen LogP contribution in [0.3, 0.4) is 0 Å². The van der Waals surface area contributed by atoms with Crippen molar-refractivity contribution in [2.75, 3.05) is 17.6 Å². The van der Waals surface area contributed by atoms with Crippen molar-refractivity contribution in [3.8, 4) is 0 Å². The Kier molecular flexibility index (Phi) is 4.76. The molecule has 0 unspecified atom stereocenters. The van der Waals surface area contributed by atoms with Crippen molar-refractivity contribution >= 4 is 21.7 Å². The van der Waals surface area contributed by atoms with Gasteiger partial charge in [0.2, 0.25) is 10.0 Å². The molecule has 0 aliphatic carbocycles. The van der Waals surface area contributed by atoms with Crippen LogP contribution in [0.15, 0.2) is 28.8 Å². The minimum atomic E-state index is -3.30. The Morgan fingerprint density at radius 1 is 1.32 bits per heavy atom. The standard InChI is InChI=1S/C13H15N3O5S/c1-3-20-13(17)12-14-11(15-21-12)8-9-4-6-10(7-5-9)16-22(2,18)19/h4-7,16H,3,8H2,1-2H3. The number of nitrogens with zero attached hydrogens (tertiary/aromatic N) is 2. The van der Waals surface area contributed by atoms with Crippen LogP contribution < -0.4 is 4.72 Å². The number of rotatable bonds is 6. The summed E-state index contributed by atoms with van der Waals surface area (Å²) in [7, 11) is -3.30. The molecule has 0 atom stereocenters. The van der Waals surface area contributed by atoms with Gasteiger partial charge in [-0.1, -0.05) is 17.3 Å². The van der Waals surface area contributed by atoms with Crippen molar-refractivity contribution in [1.29, 1.82) is 0 Å². The van der Waals surface area contributed by atoms with E-state index in [2.05, 4.69) is 14.9 Å². The number of ether oxygens (including phenoxy) is 1. The summed E-state index contributed by atoms with van der Waals surface area (Å²) in [5.41, 5.74) is 1.31. The molecule has 1 aromatic carbocycles. The van der Waals surface area contributed by atoms with Crippen LogP contribution in [-0.2, 0) is 21.2 Å². The number of sulfonamides is 1. The predicted molar refractivity (Wildman–Crippen MR) is 78.0 cm³/mol. The lowest BCUT2D eigenvalue weighted by Gasteiger charge is -2.04. The molecule has 1 aromatic heterocycles. The van der Waals surface area contributed by atoms with E-state index in [9.17, 15) is 13.2 Å². The van der Waals surface area contributed by atoms with Gasteiger partial charge in [0.25, 0.3) is 0 Å². The van der Waals surface area contributed by atoms with E-state index >= 15 is 0 Å². The number of benzene rings is 1. The third-order valence-electron chi connectivity index (χ3n) is 2.54. The molecule has 0 saturated heterocycles. The van der Waals surface area contributed by atoms with Gasteiger partial charge in [0.05, 0.1) is 12.9 Å². The molecule has 0 spiro atoms. The number of aromatic nitrogens is 2. The van der Waals surface area contributed by atoms with E-state index in [-0.39, 0.29) is 12.5 Å². The van der Waals surface area contributed by atoms with Crippen molar-refractivity contribution in [3.05, 3.63) is 41.5 Å². The quantitative estimate of drug-likeness (QED) is 0.794. The summed E-state index contributed by atoms with van der Waals surface area (Å²) in [5, 5.41) is 3.70. The molecule has 0 saturated carbocycles. The second-order valence-corrected chi connectivity index (χ2v) is 6.23. The van der Waals surface area contributed by atoms with Crippen molar-refractivity contribution < 1.29 is 22.5 Å². The Bertz CT molecular complexity index is 752. The lowest BCUT2D eigenvalue weighted by molar-refractivity contribution is 0.0470. The van der Waals surface area contributed by atoms with Gasteiger partial charge in [-0.3, -0.25) is 4.72 Å². The van der Waals surface area contributed by atoms with Crippen LogP contribution in [0.1, 0.15) is 29.0 Å². The van der Waals surface area contributed by atoms with Crippen LogP contribution in [0.2, 0.25) is 0 Å². The maximum Gasteiger partial charge on any atom is 0.397 e. The van der Waals surface area contributed by atoms with Crippen molar-refractivity contribution in [2.45, 2.75) is 13.3 Å². The summed E-state index contributed by atoms with van der Waals surface area (Å²) in [6.07, 6.45) is 1.43. The molecule has 118 valence electrons. The highest BCUT2D eigenvalue weighted by molar-refractivity contribution is 7.92. The van der Waals surface area contributed by atoms with Gasteiger partial charge in [-0.2, -0.15) is 4.98 Å². The molecule has 9 heteroatoms. The first-order valence-corrected chi connectivity index (χ1v) is 8.33. The molecule has 0 fully saturated rings. The Hall–Kier alpha value is -2.42. The molecule has 0 radical (unpaired) electrons. The van der Waals surface area contributed by atoms with E-state index in [0.717, 1.165) is 11.8 Å². The van der Waals surface area contributed by atoms with Crippen LogP contribution in [0.4, 0.5) is 5.69 Å². The molecule has 0 amide bonds. The average Bonchev–Trinajstić information content (AvgIpc) is 2.88.